The number of nitrogens with one attached hydrogen (secondary N) is 1. The third kappa shape index (κ3) is 4.35. The molecular formula is C19H21N3O4S2. The number of benzene rings is 2. The van der Waals surface area contributed by atoms with Gasteiger partial charge in [-0.15, -0.1) is 0 Å². The van der Waals surface area contributed by atoms with Gasteiger partial charge < -0.3 is 0 Å². The number of rotatable bonds is 5. The molecule has 3 rings (SSSR count). The molecule has 0 amide bonds. The van der Waals surface area contributed by atoms with Crippen LogP contribution in [0.4, 0.5) is 5.69 Å². The molecule has 1 N–H and O–H groups in total. The minimum Gasteiger partial charge on any atom is -0.280 e. The van der Waals surface area contributed by atoms with Gasteiger partial charge >= 0.3 is 0 Å². The summed E-state index contributed by atoms with van der Waals surface area (Å²) in [5.41, 5.74) is 0.621. The Bertz CT molecular complexity index is 1090. The molecule has 2 aromatic carbocycles. The first-order valence-corrected chi connectivity index (χ1v) is 11.8. The van der Waals surface area contributed by atoms with E-state index in [0.29, 0.717) is 24.6 Å². The highest BCUT2D eigenvalue weighted by molar-refractivity contribution is 7.92. The highest BCUT2D eigenvalue weighted by Crippen LogP contribution is 2.25. The maximum absolute atomic E-state index is 12.8. The maximum atomic E-state index is 12.8. The molecule has 0 spiro atoms. The molecule has 148 valence electrons. The molecule has 0 saturated carbocycles. The third-order valence-electron chi connectivity index (χ3n) is 4.66. The Morgan fingerprint density at radius 2 is 1.61 bits per heavy atom. The molecule has 1 heterocycles. The Balaban J connectivity index is 1.77. The van der Waals surface area contributed by atoms with Gasteiger partial charge in [-0.3, -0.25) is 4.72 Å². The lowest BCUT2D eigenvalue weighted by Gasteiger charge is -2.30. The number of anilines is 1. The molecule has 28 heavy (non-hydrogen) atoms. The second-order valence-corrected chi connectivity index (χ2v) is 10.5. The molecule has 1 aliphatic rings. The van der Waals surface area contributed by atoms with Gasteiger partial charge in [0.2, 0.25) is 10.0 Å². The monoisotopic (exact) mass is 419 g/mol. The number of nitriles is 1. The molecule has 0 aromatic heterocycles. The zero-order valence-corrected chi connectivity index (χ0v) is 17.0. The fourth-order valence-corrected chi connectivity index (χ4v) is 5.79. The van der Waals surface area contributed by atoms with Crippen molar-refractivity contribution in [2.45, 2.75) is 29.6 Å². The van der Waals surface area contributed by atoms with Crippen molar-refractivity contribution in [3.05, 3.63) is 54.1 Å². The van der Waals surface area contributed by atoms with E-state index < -0.39 is 20.0 Å². The van der Waals surface area contributed by atoms with Crippen LogP contribution in [0.1, 0.15) is 25.3 Å². The van der Waals surface area contributed by atoms with Crippen LogP contribution in [0.3, 0.4) is 0 Å². The van der Waals surface area contributed by atoms with E-state index in [9.17, 15) is 16.8 Å². The van der Waals surface area contributed by atoms with Crippen molar-refractivity contribution in [2.24, 2.45) is 5.92 Å². The average molecular weight is 420 g/mol. The summed E-state index contributed by atoms with van der Waals surface area (Å²) in [7, 11) is -7.42. The summed E-state index contributed by atoms with van der Waals surface area (Å²) in [6.07, 6.45) is 1.85. The second kappa shape index (κ2) is 7.91. The summed E-state index contributed by atoms with van der Waals surface area (Å²) >= 11 is 0. The number of hydrogen-bond acceptors (Lipinski definition) is 5. The Labute approximate surface area is 165 Å². The van der Waals surface area contributed by atoms with Gasteiger partial charge in [0.05, 0.1) is 21.4 Å². The van der Waals surface area contributed by atoms with Crippen LogP contribution in [0.15, 0.2) is 58.3 Å². The van der Waals surface area contributed by atoms with E-state index >= 15 is 0 Å². The van der Waals surface area contributed by atoms with Gasteiger partial charge in [-0.2, -0.15) is 9.57 Å². The van der Waals surface area contributed by atoms with Crippen LogP contribution >= 0.6 is 0 Å². The van der Waals surface area contributed by atoms with Gasteiger partial charge in [0.25, 0.3) is 10.0 Å². The quantitative estimate of drug-likeness (QED) is 0.802. The van der Waals surface area contributed by atoms with Crippen molar-refractivity contribution in [1.82, 2.24) is 4.31 Å². The smallest absolute Gasteiger partial charge is 0.261 e. The molecule has 1 aliphatic heterocycles. The Morgan fingerprint density at radius 3 is 2.18 bits per heavy atom. The van der Waals surface area contributed by atoms with Gasteiger partial charge in [0.1, 0.15) is 0 Å². The number of piperidine rings is 1. The minimum atomic E-state index is -3.83. The third-order valence-corrected chi connectivity index (χ3v) is 7.93. The molecule has 0 aliphatic carbocycles. The summed E-state index contributed by atoms with van der Waals surface area (Å²) in [4.78, 5) is 0.161. The maximum Gasteiger partial charge on any atom is 0.261 e. The van der Waals surface area contributed by atoms with Crippen LogP contribution in [0.25, 0.3) is 0 Å². The average Bonchev–Trinajstić information content (AvgIpc) is 2.68. The van der Waals surface area contributed by atoms with E-state index in [1.165, 1.54) is 52.8 Å². The van der Waals surface area contributed by atoms with Gasteiger partial charge in [-0.1, -0.05) is 6.92 Å². The van der Waals surface area contributed by atoms with Gasteiger partial charge in [-0.05, 0) is 67.3 Å². The summed E-state index contributed by atoms with van der Waals surface area (Å²) in [5, 5.41) is 8.80. The predicted molar refractivity (Wildman–Crippen MR) is 106 cm³/mol. The molecule has 0 radical (unpaired) electrons. The van der Waals surface area contributed by atoms with E-state index in [-0.39, 0.29) is 15.5 Å². The van der Waals surface area contributed by atoms with E-state index in [1.807, 2.05) is 13.0 Å². The lowest BCUT2D eigenvalue weighted by molar-refractivity contribution is 0.281. The van der Waals surface area contributed by atoms with Crippen molar-refractivity contribution < 1.29 is 16.8 Å². The zero-order valence-electron chi connectivity index (χ0n) is 15.4. The molecule has 9 heteroatoms. The van der Waals surface area contributed by atoms with Gasteiger partial charge in [-0.25, -0.2) is 16.8 Å². The van der Waals surface area contributed by atoms with Crippen molar-refractivity contribution in [1.29, 1.82) is 5.26 Å². The van der Waals surface area contributed by atoms with Crippen molar-refractivity contribution in [3.8, 4) is 6.07 Å². The summed E-state index contributed by atoms with van der Waals surface area (Å²) in [6, 6.07) is 13.1. The van der Waals surface area contributed by atoms with Crippen LogP contribution in [-0.4, -0.2) is 34.2 Å². The molecular weight excluding hydrogens is 398 g/mol. The molecule has 0 unspecified atom stereocenters. The van der Waals surface area contributed by atoms with Crippen molar-refractivity contribution >= 4 is 25.7 Å². The van der Waals surface area contributed by atoms with Crippen LogP contribution < -0.4 is 4.72 Å². The lowest BCUT2D eigenvalue weighted by atomic mass is 10.0. The number of nitrogens with zero attached hydrogens (tertiary/aromatic N) is 2. The first-order valence-electron chi connectivity index (χ1n) is 8.85. The summed E-state index contributed by atoms with van der Waals surface area (Å²) in [6.45, 7) is 3.03. The Kier molecular flexibility index (Phi) is 5.74. The predicted octanol–water partition coefficient (Wildman–Crippen LogP) is 2.78. The van der Waals surface area contributed by atoms with Crippen molar-refractivity contribution in [2.75, 3.05) is 17.8 Å². The zero-order chi connectivity index (χ0) is 20.4. The van der Waals surface area contributed by atoms with Crippen molar-refractivity contribution in [3.63, 3.8) is 0 Å². The topological polar surface area (TPSA) is 107 Å². The largest absolute Gasteiger partial charge is 0.280 e. The lowest BCUT2D eigenvalue weighted by Crippen LogP contribution is -2.39. The Morgan fingerprint density at radius 1 is 1.00 bits per heavy atom. The Hall–Kier alpha value is -2.41. The van der Waals surface area contributed by atoms with Crippen LogP contribution in [-0.2, 0) is 20.0 Å². The van der Waals surface area contributed by atoms with E-state index in [0.717, 1.165) is 12.8 Å². The SMILES string of the molecule is C[C@@H]1CCCN(S(=O)(=O)c2ccc(NS(=O)(=O)c3ccc(C#N)cc3)cc2)C1. The fraction of sp³-hybridized carbons (Fsp3) is 0.316. The second-order valence-electron chi connectivity index (χ2n) is 6.88. The van der Waals surface area contributed by atoms with E-state index in [1.54, 1.807) is 0 Å². The standard InChI is InChI=1S/C19H21N3O4S2/c1-15-3-2-12-22(14-15)28(25,26)19-10-6-17(7-11-19)21-27(23,24)18-8-4-16(13-20)5-9-18/h4-11,15,21H,2-3,12,14H2,1H3/t15-/m1/s1. The molecule has 0 bridgehead atoms. The van der Waals surface area contributed by atoms with Gasteiger partial charge in [0.15, 0.2) is 0 Å². The minimum absolute atomic E-state index is 0.0190. The molecule has 1 atom stereocenters. The van der Waals surface area contributed by atoms with Gasteiger partial charge in [0, 0.05) is 18.8 Å². The van der Waals surface area contributed by atoms with E-state index in [4.69, 9.17) is 5.26 Å². The summed E-state index contributed by atoms with van der Waals surface area (Å²) in [5.74, 6) is 0.321. The number of hydrogen-bond donors (Lipinski definition) is 1. The highest BCUT2D eigenvalue weighted by Gasteiger charge is 2.28. The van der Waals surface area contributed by atoms with Crippen LogP contribution in [0.5, 0.6) is 0 Å². The molecule has 7 nitrogen and oxygen atoms in total. The normalized spacial score (nSPS) is 18.4. The molecule has 1 fully saturated rings. The first kappa shape index (κ1) is 20.3. The van der Waals surface area contributed by atoms with Crippen LogP contribution in [0, 0.1) is 17.2 Å². The van der Waals surface area contributed by atoms with Crippen LogP contribution in [0.2, 0.25) is 0 Å². The molecule has 2 aromatic rings. The summed E-state index contributed by atoms with van der Waals surface area (Å²) < 4.78 is 54.3. The number of sulfonamides is 2. The fourth-order valence-electron chi connectivity index (χ4n) is 3.13. The first-order chi connectivity index (χ1) is 13.2. The highest BCUT2D eigenvalue weighted by atomic mass is 32.2. The van der Waals surface area contributed by atoms with E-state index in [2.05, 4.69) is 4.72 Å². The molecule has 1 saturated heterocycles.